The number of nitrogens with two attached hydrogens (primary N) is 1. The van der Waals surface area contributed by atoms with Crippen molar-refractivity contribution in [2.24, 2.45) is 5.73 Å². The molecule has 0 spiro atoms. The summed E-state index contributed by atoms with van der Waals surface area (Å²) in [5, 5.41) is 2.27. The minimum atomic E-state index is -0.945. The molecule has 0 aromatic rings. The second-order valence-electron chi connectivity index (χ2n) is 2.32. The highest BCUT2D eigenvalue weighted by atomic mass is 16.5. The molecule has 0 saturated carbocycles. The van der Waals surface area contributed by atoms with Gasteiger partial charge in [-0.1, -0.05) is 0 Å². The highest BCUT2D eigenvalue weighted by molar-refractivity contribution is 6.32. The Kier molecular flexibility index (Phi) is 5.25. The Balaban J connectivity index is 3.48. The van der Waals surface area contributed by atoms with Gasteiger partial charge in [0.05, 0.1) is 7.11 Å². The molecule has 0 aliphatic carbocycles. The van der Waals surface area contributed by atoms with Gasteiger partial charge in [-0.2, -0.15) is 0 Å². The second-order valence-corrected chi connectivity index (χ2v) is 2.32. The van der Waals surface area contributed by atoms with Gasteiger partial charge in [0.1, 0.15) is 0 Å². The molecule has 6 heteroatoms. The molecule has 0 fully saturated rings. The molecule has 0 bridgehead atoms. The summed E-state index contributed by atoms with van der Waals surface area (Å²) in [5.74, 6) is -2.20. The molecule has 0 radical (unpaired) electrons. The number of rotatable bonds is 4. The Hall–Kier alpha value is -1.59. The first kappa shape index (κ1) is 11.4. The van der Waals surface area contributed by atoms with Crippen LogP contribution in [0, 0.1) is 0 Å². The van der Waals surface area contributed by atoms with Gasteiger partial charge in [0.25, 0.3) is 0 Å². The molecule has 0 rings (SSSR count). The summed E-state index contributed by atoms with van der Waals surface area (Å²) in [6.45, 7) is 0.233. The number of ether oxygens (including phenoxy) is 1. The number of esters is 1. The Morgan fingerprint density at radius 2 is 2.00 bits per heavy atom. The lowest BCUT2D eigenvalue weighted by atomic mass is 10.3. The van der Waals surface area contributed by atoms with Crippen LogP contribution in [0.15, 0.2) is 0 Å². The molecule has 3 N–H and O–H groups in total. The lowest BCUT2D eigenvalue weighted by Crippen LogP contribution is -2.32. The molecule has 0 aromatic carbocycles. The fourth-order valence-corrected chi connectivity index (χ4v) is 0.629. The van der Waals surface area contributed by atoms with E-state index < -0.39 is 17.8 Å². The Bertz CT molecular complexity index is 215. The maximum absolute atomic E-state index is 10.7. The van der Waals surface area contributed by atoms with E-state index in [1.54, 1.807) is 0 Å². The van der Waals surface area contributed by atoms with Gasteiger partial charge in [-0.25, -0.2) is 4.79 Å². The van der Waals surface area contributed by atoms with E-state index in [1.807, 2.05) is 0 Å². The topological polar surface area (TPSA) is 98.5 Å². The molecule has 13 heavy (non-hydrogen) atoms. The zero-order valence-corrected chi connectivity index (χ0v) is 7.33. The molecule has 0 aromatic heterocycles. The fourth-order valence-electron chi connectivity index (χ4n) is 0.629. The van der Waals surface area contributed by atoms with E-state index in [0.29, 0.717) is 6.42 Å². The van der Waals surface area contributed by atoms with Crippen molar-refractivity contribution >= 4 is 17.8 Å². The minimum Gasteiger partial charge on any atom is -0.462 e. The average molecular weight is 188 g/mol. The van der Waals surface area contributed by atoms with Gasteiger partial charge in [0.2, 0.25) is 5.91 Å². The lowest BCUT2D eigenvalue weighted by molar-refractivity contribution is -0.152. The van der Waals surface area contributed by atoms with Crippen molar-refractivity contribution in [2.45, 2.75) is 12.8 Å². The maximum Gasteiger partial charge on any atom is 0.396 e. The minimum absolute atomic E-state index is 0.182. The van der Waals surface area contributed by atoms with Gasteiger partial charge in [-0.05, 0) is 6.42 Å². The number of carbonyl (C=O) groups excluding carboxylic acids is 3. The summed E-state index contributed by atoms with van der Waals surface area (Å²) in [6, 6.07) is 0. The summed E-state index contributed by atoms with van der Waals surface area (Å²) in [6.07, 6.45) is 0.597. The molecule has 0 unspecified atom stereocenters. The van der Waals surface area contributed by atoms with Crippen molar-refractivity contribution in [1.29, 1.82) is 0 Å². The normalized spacial score (nSPS) is 9.00. The molecule has 0 heterocycles. The molecule has 0 aliphatic rings. The number of methoxy groups -OCH3 is 1. The van der Waals surface area contributed by atoms with E-state index >= 15 is 0 Å². The van der Waals surface area contributed by atoms with E-state index in [2.05, 4.69) is 10.1 Å². The predicted octanol–water partition coefficient (Wildman–Crippen LogP) is -1.46. The van der Waals surface area contributed by atoms with E-state index in [1.165, 1.54) is 0 Å². The van der Waals surface area contributed by atoms with Crippen LogP contribution in [-0.2, 0) is 19.1 Å². The average Bonchev–Trinajstić information content (AvgIpc) is 2.10. The van der Waals surface area contributed by atoms with E-state index in [-0.39, 0.29) is 13.0 Å². The largest absolute Gasteiger partial charge is 0.462 e. The Morgan fingerprint density at radius 1 is 1.38 bits per heavy atom. The number of primary amides is 1. The van der Waals surface area contributed by atoms with E-state index in [4.69, 9.17) is 5.73 Å². The van der Waals surface area contributed by atoms with Gasteiger partial charge < -0.3 is 15.8 Å². The number of hydrogen-bond acceptors (Lipinski definition) is 4. The first-order valence-electron chi connectivity index (χ1n) is 3.72. The van der Waals surface area contributed by atoms with Crippen LogP contribution in [0.25, 0.3) is 0 Å². The summed E-state index contributed by atoms with van der Waals surface area (Å²) < 4.78 is 4.15. The quantitative estimate of drug-likeness (QED) is 0.320. The van der Waals surface area contributed by atoms with Crippen LogP contribution in [0.4, 0.5) is 0 Å². The van der Waals surface area contributed by atoms with Crippen molar-refractivity contribution in [3.8, 4) is 0 Å². The van der Waals surface area contributed by atoms with Crippen LogP contribution in [0.2, 0.25) is 0 Å². The van der Waals surface area contributed by atoms with Crippen LogP contribution < -0.4 is 11.1 Å². The van der Waals surface area contributed by atoms with Crippen molar-refractivity contribution in [3.63, 3.8) is 0 Å². The number of amides is 2. The van der Waals surface area contributed by atoms with Crippen molar-refractivity contribution in [1.82, 2.24) is 5.32 Å². The van der Waals surface area contributed by atoms with Crippen LogP contribution in [-0.4, -0.2) is 31.4 Å². The van der Waals surface area contributed by atoms with Crippen LogP contribution in [0.5, 0.6) is 0 Å². The van der Waals surface area contributed by atoms with Gasteiger partial charge in [0, 0.05) is 13.0 Å². The second kappa shape index (κ2) is 5.99. The van der Waals surface area contributed by atoms with Crippen molar-refractivity contribution in [3.05, 3.63) is 0 Å². The highest BCUT2D eigenvalue weighted by Gasteiger charge is 2.11. The van der Waals surface area contributed by atoms with Gasteiger partial charge in [-0.3, -0.25) is 9.59 Å². The molecule has 2 amide bonds. The zero-order chi connectivity index (χ0) is 10.3. The first-order valence-corrected chi connectivity index (χ1v) is 3.72. The van der Waals surface area contributed by atoms with Crippen LogP contribution >= 0.6 is 0 Å². The van der Waals surface area contributed by atoms with E-state index in [0.717, 1.165) is 7.11 Å². The van der Waals surface area contributed by atoms with Gasteiger partial charge in [-0.15, -0.1) is 0 Å². The first-order chi connectivity index (χ1) is 6.07. The smallest absolute Gasteiger partial charge is 0.396 e. The van der Waals surface area contributed by atoms with E-state index in [9.17, 15) is 14.4 Å². The third-order valence-corrected chi connectivity index (χ3v) is 1.26. The van der Waals surface area contributed by atoms with Gasteiger partial charge >= 0.3 is 11.9 Å². The SMILES string of the molecule is COC(=O)C(=O)NCCCC(N)=O. The zero-order valence-electron chi connectivity index (χ0n) is 7.33. The lowest BCUT2D eigenvalue weighted by Gasteiger charge is -2.01. The van der Waals surface area contributed by atoms with Gasteiger partial charge in [0.15, 0.2) is 0 Å². The molecule has 74 valence electrons. The Labute approximate surface area is 75.4 Å². The molecular weight excluding hydrogens is 176 g/mol. The predicted molar refractivity (Wildman–Crippen MR) is 43.5 cm³/mol. The van der Waals surface area contributed by atoms with Crippen LogP contribution in [0.1, 0.15) is 12.8 Å². The number of carbonyl (C=O) groups is 3. The third kappa shape index (κ3) is 5.66. The fraction of sp³-hybridized carbons (Fsp3) is 0.571. The van der Waals surface area contributed by atoms with Crippen molar-refractivity contribution in [2.75, 3.05) is 13.7 Å². The van der Waals surface area contributed by atoms with Crippen LogP contribution in [0.3, 0.4) is 0 Å². The monoisotopic (exact) mass is 188 g/mol. The molecule has 6 nitrogen and oxygen atoms in total. The summed E-state index contributed by atoms with van der Waals surface area (Å²) in [4.78, 5) is 31.5. The summed E-state index contributed by atoms with van der Waals surface area (Å²) in [7, 11) is 1.12. The standard InChI is InChI=1S/C7H12N2O4/c1-13-7(12)6(11)9-4-2-3-5(8)10/h2-4H2,1H3,(H2,8,10)(H,9,11). The van der Waals surface area contributed by atoms with Crippen molar-refractivity contribution < 1.29 is 19.1 Å². The highest BCUT2D eigenvalue weighted by Crippen LogP contribution is 1.84. The molecule has 0 saturated heterocycles. The third-order valence-electron chi connectivity index (χ3n) is 1.26. The number of nitrogens with one attached hydrogen (secondary N) is 1. The number of hydrogen-bond donors (Lipinski definition) is 2. The summed E-state index contributed by atoms with van der Waals surface area (Å²) in [5.41, 5.74) is 4.85. The summed E-state index contributed by atoms with van der Waals surface area (Å²) >= 11 is 0. The molecular formula is C7H12N2O4. The maximum atomic E-state index is 10.7. The molecule has 0 aliphatic heterocycles. The molecule has 0 atom stereocenters. The Morgan fingerprint density at radius 3 is 2.46 bits per heavy atom.